The maximum atomic E-state index is 11.9. The summed E-state index contributed by atoms with van der Waals surface area (Å²) >= 11 is 0. The minimum atomic E-state index is -0.699. The first kappa shape index (κ1) is 12.3. The van der Waals surface area contributed by atoms with Gasteiger partial charge >= 0.3 is 0 Å². The normalized spacial score (nSPS) is 19.7. The van der Waals surface area contributed by atoms with Crippen molar-refractivity contribution >= 4 is 23.3 Å². The highest BCUT2D eigenvalue weighted by atomic mass is 16.2. The fourth-order valence-corrected chi connectivity index (χ4v) is 1.92. The molecule has 2 rings (SSSR count). The molecule has 0 fully saturated rings. The maximum Gasteiger partial charge on any atom is 0.260 e. The van der Waals surface area contributed by atoms with Gasteiger partial charge in [0.05, 0.1) is 0 Å². The Kier molecular flexibility index (Phi) is 3.14. The number of carbonyl (C=O) groups excluding carboxylic acids is 2. The molecule has 1 atom stereocenters. The number of hydrogen-bond donors (Lipinski definition) is 2. The first-order chi connectivity index (χ1) is 8.49. The average molecular weight is 245 g/mol. The summed E-state index contributed by atoms with van der Waals surface area (Å²) in [5, 5.41) is 2.66. The first-order valence-electron chi connectivity index (χ1n) is 5.78. The van der Waals surface area contributed by atoms with Gasteiger partial charge in [-0.15, -0.1) is 0 Å². The molecule has 0 spiro atoms. The van der Waals surface area contributed by atoms with Crippen molar-refractivity contribution in [1.82, 2.24) is 5.32 Å². The minimum absolute atomic E-state index is 0.0661. The number of rotatable bonds is 2. The second-order valence-corrected chi connectivity index (χ2v) is 4.64. The lowest BCUT2D eigenvalue weighted by atomic mass is 9.92. The zero-order valence-corrected chi connectivity index (χ0v) is 10.3. The molecule has 1 heterocycles. The van der Waals surface area contributed by atoms with Gasteiger partial charge in [-0.1, -0.05) is 26.0 Å². The van der Waals surface area contributed by atoms with Crippen LogP contribution in [0.15, 0.2) is 29.3 Å². The highest BCUT2D eigenvalue weighted by Gasteiger charge is 2.34. The van der Waals surface area contributed by atoms with Crippen LogP contribution < -0.4 is 11.1 Å². The van der Waals surface area contributed by atoms with Gasteiger partial charge in [0, 0.05) is 11.3 Å². The predicted octanol–water partition coefficient (Wildman–Crippen LogP) is 0.944. The second kappa shape index (κ2) is 4.60. The third kappa shape index (κ3) is 2.25. The molecule has 0 saturated heterocycles. The summed E-state index contributed by atoms with van der Waals surface area (Å²) in [6.07, 6.45) is 0. The van der Waals surface area contributed by atoms with Crippen molar-refractivity contribution in [1.29, 1.82) is 0 Å². The Balaban J connectivity index is 2.35. The number of nitrogens with one attached hydrogen (secondary N) is 1. The summed E-state index contributed by atoms with van der Waals surface area (Å²) in [4.78, 5) is 27.6. The smallest absolute Gasteiger partial charge is 0.260 e. The van der Waals surface area contributed by atoms with E-state index in [9.17, 15) is 9.59 Å². The maximum absolute atomic E-state index is 11.9. The van der Waals surface area contributed by atoms with Gasteiger partial charge in [0.2, 0.25) is 5.91 Å². The molecule has 1 aromatic carbocycles. The van der Waals surface area contributed by atoms with Gasteiger partial charge in [-0.2, -0.15) is 4.99 Å². The van der Waals surface area contributed by atoms with Gasteiger partial charge in [0.1, 0.15) is 11.8 Å². The number of nitrogen functional groups attached to an aromatic ring is 1. The molecule has 94 valence electrons. The number of nitrogens with zero attached hydrogens (tertiary/aromatic N) is 1. The standard InChI is InChI=1S/C13H15N3O2/c1-7(2)10-12(17)15-11(16-13(10)18)8-4-3-5-9(14)6-8/h3-7,10H,14H2,1-2H3,(H,15,16,17,18). The fourth-order valence-electron chi connectivity index (χ4n) is 1.92. The summed E-state index contributed by atoms with van der Waals surface area (Å²) in [6, 6.07) is 6.90. The molecule has 0 saturated carbocycles. The van der Waals surface area contributed by atoms with Crippen molar-refractivity contribution in [3.63, 3.8) is 0 Å². The molecule has 1 aliphatic heterocycles. The number of nitrogens with two attached hydrogens (primary N) is 1. The molecule has 1 aliphatic rings. The molecule has 3 N–H and O–H groups in total. The van der Waals surface area contributed by atoms with Crippen molar-refractivity contribution < 1.29 is 9.59 Å². The molecule has 0 radical (unpaired) electrons. The van der Waals surface area contributed by atoms with E-state index in [1.54, 1.807) is 24.3 Å². The van der Waals surface area contributed by atoms with Gasteiger partial charge in [0.25, 0.3) is 5.91 Å². The monoisotopic (exact) mass is 245 g/mol. The number of aliphatic imine (C=N–C) groups is 1. The number of anilines is 1. The van der Waals surface area contributed by atoms with Crippen molar-refractivity contribution in [2.24, 2.45) is 16.8 Å². The van der Waals surface area contributed by atoms with E-state index in [4.69, 9.17) is 5.73 Å². The molecule has 2 amide bonds. The Morgan fingerprint density at radius 3 is 2.61 bits per heavy atom. The highest BCUT2D eigenvalue weighted by molar-refractivity contribution is 6.20. The zero-order chi connectivity index (χ0) is 13.3. The third-order valence-electron chi connectivity index (χ3n) is 2.84. The molecule has 5 heteroatoms. The molecule has 0 aliphatic carbocycles. The second-order valence-electron chi connectivity index (χ2n) is 4.64. The summed E-state index contributed by atoms with van der Waals surface area (Å²) in [5.41, 5.74) is 6.85. The third-order valence-corrected chi connectivity index (χ3v) is 2.84. The largest absolute Gasteiger partial charge is 0.399 e. The quantitative estimate of drug-likeness (QED) is 0.600. The molecule has 0 bridgehead atoms. The van der Waals surface area contributed by atoms with E-state index in [-0.39, 0.29) is 17.7 Å². The van der Waals surface area contributed by atoms with Crippen LogP contribution in [0.1, 0.15) is 19.4 Å². The lowest BCUT2D eigenvalue weighted by Gasteiger charge is -2.22. The number of amidine groups is 1. The van der Waals surface area contributed by atoms with Crippen LogP contribution in [0.3, 0.4) is 0 Å². The molecule has 18 heavy (non-hydrogen) atoms. The number of benzene rings is 1. The van der Waals surface area contributed by atoms with Gasteiger partial charge in [0.15, 0.2) is 0 Å². The van der Waals surface area contributed by atoms with Crippen LogP contribution >= 0.6 is 0 Å². The topological polar surface area (TPSA) is 84.6 Å². The number of hydrogen-bond acceptors (Lipinski definition) is 3. The van der Waals surface area contributed by atoms with Gasteiger partial charge < -0.3 is 11.1 Å². The summed E-state index contributed by atoms with van der Waals surface area (Å²) in [5.74, 6) is -1.19. The van der Waals surface area contributed by atoms with Gasteiger partial charge in [-0.3, -0.25) is 9.59 Å². The Morgan fingerprint density at radius 2 is 2.06 bits per heavy atom. The molecule has 0 aromatic heterocycles. The average Bonchev–Trinajstić information content (AvgIpc) is 2.27. The summed E-state index contributed by atoms with van der Waals surface area (Å²) < 4.78 is 0. The zero-order valence-electron chi connectivity index (χ0n) is 10.3. The molecule has 5 nitrogen and oxygen atoms in total. The summed E-state index contributed by atoms with van der Waals surface area (Å²) in [7, 11) is 0. The lowest BCUT2D eigenvalue weighted by Crippen LogP contribution is -2.46. The fraction of sp³-hybridized carbons (Fsp3) is 0.308. The predicted molar refractivity (Wildman–Crippen MR) is 68.9 cm³/mol. The molecular weight excluding hydrogens is 230 g/mol. The van der Waals surface area contributed by atoms with Crippen molar-refractivity contribution in [3.8, 4) is 0 Å². The minimum Gasteiger partial charge on any atom is -0.399 e. The van der Waals surface area contributed by atoms with Crippen molar-refractivity contribution in [2.75, 3.05) is 5.73 Å². The van der Waals surface area contributed by atoms with Crippen molar-refractivity contribution in [3.05, 3.63) is 29.8 Å². The SMILES string of the molecule is CC(C)C1C(=O)N=C(c2cccc(N)c2)NC1=O. The Labute approximate surface area is 105 Å². The van der Waals surface area contributed by atoms with E-state index in [0.717, 1.165) is 0 Å². The van der Waals surface area contributed by atoms with E-state index >= 15 is 0 Å². The van der Waals surface area contributed by atoms with Crippen LogP contribution in [-0.4, -0.2) is 17.6 Å². The molecule has 1 unspecified atom stereocenters. The van der Waals surface area contributed by atoms with E-state index in [1.165, 1.54) is 0 Å². The van der Waals surface area contributed by atoms with Crippen LogP contribution in [0.25, 0.3) is 0 Å². The van der Waals surface area contributed by atoms with Crippen LogP contribution in [0.5, 0.6) is 0 Å². The molecule has 1 aromatic rings. The highest BCUT2D eigenvalue weighted by Crippen LogP contribution is 2.18. The van der Waals surface area contributed by atoms with Crippen LogP contribution in [-0.2, 0) is 9.59 Å². The number of amides is 2. The van der Waals surface area contributed by atoms with Crippen LogP contribution in [0.4, 0.5) is 5.69 Å². The van der Waals surface area contributed by atoms with E-state index in [2.05, 4.69) is 10.3 Å². The Hall–Kier alpha value is -2.17. The van der Waals surface area contributed by atoms with Gasteiger partial charge in [-0.25, -0.2) is 0 Å². The van der Waals surface area contributed by atoms with Crippen LogP contribution in [0, 0.1) is 11.8 Å². The van der Waals surface area contributed by atoms with E-state index < -0.39 is 11.8 Å². The van der Waals surface area contributed by atoms with Crippen molar-refractivity contribution in [2.45, 2.75) is 13.8 Å². The van der Waals surface area contributed by atoms with E-state index in [0.29, 0.717) is 11.3 Å². The summed E-state index contributed by atoms with van der Waals surface area (Å²) in [6.45, 7) is 3.65. The number of carbonyl (C=O) groups is 2. The van der Waals surface area contributed by atoms with Gasteiger partial charge in [-0.05, 0) is 18.1 Å². The Morgan fingerprint density at radius 1 is 1.33 bits per heavy atom. The molecular formula is C13H15N3O2. The Bertz CT molecular complexity index is 535. The van der Waals surface area contributed by atoms with E-state index in [1.807, 2.05) is 13.8 Å². The lowest BCUT2D eigenvalue weighted by molar-refractivity contribution is -0.135. The first-order valence-corrected chi connectivity index (χ1v) is 5.78. The van der Waals surface area contributed by atoms with Crippen LogP contribution in [0.2, 0.25) is 0 Å².